The number of nitrogens with two attached hydrogens (primary N) is 1. The Kier molecular flexibility index (Phi) is 5.59. The molecular formula is C23H26F3N7O. The van der Waals surface area contributed by atoms with Gasteiger partial charge in [0.1, 0.15) is 5.82 Å². The number of fused-ring (bicyclic) bond motifs is 3. The van der Waals surface area contributed by atoms with Crippen LogP contribution in [0.5, 0.6) is 0 Å². The molecule has 0 unspecified atom stereocenters. The Hall–Kier alpha value is -3.34. The first kappa shape index (κ1) is 22.5. The molecule has 11 heteroatoms. The number of halogens is 3. The van der Waals surface area contributed by atoms with Crippen molar-refractivity contribution in [3.05, 3.63) is 42.2 Å². The van der Waals surface area contributed by atoms with Crippen molar-refractivity contribution in [1.82, 2.24) is 24.8 Å². The Labute approximate surface area is 194 Å². The summed E-state index contributed by atoms with van der Waals surface area (Å²) >= 11 is 0. The molecule has 4 heterocycles. The van der Waals surface area contributed by atoms with E-state index in [1.807, 2.05) is 12.1 Å². The number of aromatic nitrogens is 3. The van der Waals surface area contributed by atoms with E-state index in [1.165, 1.54) is 0 Å². The molecule has 2 fully saturated rings. The van der Waals surface area contributed by atoms with E-state index in [-0.39, 0.29) is 24.0 Å². The Balaban J connectivity index is 1.42. The minimum absolute atomic E-state index is 0.0520. The van der Waals surface area contributed by atoms with Crippen LogP contribution in [-0.2, 0) is 0 Å². The smallest absolute Gasteiger partial charge is 0.384 e. The second-order valence-electron chi connectivity index (χ2n) is 9.02. The van der Waals surface area contributed by atoms with Crippen LogP contribution in [0.1, 0.15) is 37.3 Å². The number of nitrogen functional groups attached to an aromatic ring is 1. The Morgan fingerprint density at radius 3 is 2.47 bits per heavy atom. The average molecular weight is 474 g/mol. The summed E-state index contributed by atoms with van der Waals surface area (Å²) in [5.41, 5.74) is 9.99. The predicted octanol–water partition coefficient (Wildman–Crippen LogP) is 4.00. The summed E-state index contributed by atoms with van der Waals surface area (Å²) in [6.45, 7) is -0.846. The summed E-state index contributed by atoms with van der Waals surface area (Å²) in [4.78, 5) is 18.0. The maximum Gasteiger partial charge on any atom is 0.401 e. The van der Waals surface area contributed by atoms with Crippen LogP contribution < -0.4 is 16.4 Å². The standard InChI is InChI=1S/C23H26F3N7O/c1-28-22(34)30-15-4-2-13(3-5-15)18-11-29-33-20(27)10-19(31-21(18)33)14-8-16-6-7-17(9-14)32(16)12-23(24,25)26/h2-5,10-11,14,16-17H,6-9,12,27H2,1H3,(H2,28,30,34)/t14-,16-,17+. The van der Waals surface area contributed by atoms with Crippen LogP contribution in [0.25, 0.3) is 16.8 Å². The summed E-state index contributed by atoms with van der Waals surface area (Å²) < 4.78 is 40.7. The van der Waals surface area contributed by atoms with Gasteiger partial charge in [0.15, 0.2) is 5.65 Å². The molecule has 0 spiro atoms. The molecule has 2 bridgehead atoms. The molecule has 2 amide bonds. The number of amides is 2. The lowest BCUT2D eigenvalue weighted by Crippen LogP contribution is -2.46. The first-order chi connectivity index (χ1) is 16.2. The van der Waals surface area contributed by atoms with Gasteiger partial charge in [-0.3, -0.25) is 4.90 Å². The minimum Gasteiger partial charge on any atom is -0.384 e. The number of carbonyl (C=O) groups is 1. The maximum absolute atomic E-state index is 13.0. The summed E-state index contributed by atoms with van der Waals surface area (Å²) in [5.74, 6) is 0.491. The van der Waals surface area contributed by atoms with Gasteiger partial charge in [-0.2, -0.15) is 22.8 Å². The highest BCUT2D eigenvalue weighted by molar-refractivity contribution is 5.89. The fourth-order valence-corrected chi connectivity index (χ4v) is 5.33. The van der Waals surface area contributed by atoms with E-state index in [9.17, 15) is 18.0 Å². The number of urea groups is 1. The number of nitrogens with zero attached hydrogens (tertiary/aromatic N) is 4. The first-order valence-corrected chi connectivity index (χ1v) is 11.3. The normalized spacial score (nSPS) is 22.8. The van der Waals surface area contributed by atoms with E-state index in [1.54, 1.807) is 40.9 Å². The molecule has 0 radical (unpaired) electrons. The highest BCUT2D eigenvalue weighted by Gasteiger charge is 2.46. The molecule has 3 aromatic rings. The van der Waals surface area contributed by atoms with Crippen LogP contribution in [0.3, 0.4) is 0 Å². The number of piperidine rings is 1. The van der Waals surface area contributed by atoms with Crippen molar-refractivity contribution in [2.24, 2.45) is 0 Å². The molecule has 0 aliphatic carbocycles. The van der Waals surface area contributed by atoms with Gasteiger partial charge in [0.25, 0.3) is 0 Å². The van der Waals surface area contributed by atoms with Crippen LogP contribution in [0.15, 0.2) is 36.5 Å². The van der Waals surface area contributed by atoms with Gasteiger partial charge in [0.2, 0.25) is 0 Å². The number of benzene rings is 1. The topological polar surface area (TPSA) is 101 Å². The van der Waals surface area contributed by atoms with Gasteiger partial charge in [-0.15, -0.1) is 0 Å². The molecule has 0 saturated carbocycles. The Bertz CT molecular complexity index is 1190. The number of anilines is 2. The van der Waals surface area contributed by atoms with Gasteiger partial charge in [-0.25, -0.2) is 9.78 Å². The minimum atomic E-state index is -4.19. The van der Waals surface area contributed by atoms with E-state index in [0.29, 0.717) is 30.0 Å². The second-order valence-corrected chi connectivity index (χ2v) is 9.02. The molecule has 2 saturated heterocycles. The zero-order chi connectivity index (χ0) is 24.0. The number of rotatable bonds is 4. The molecule has 34 heavy (non-hydrogen) atoms. The van der Waals surface area contributed by atoms with Crippen molar-refractivity contribution >= 4 is 23.2 Å². The van der Waals surface area contributed by atoms with E-state index >= 15 is 0 Å². The summed E-state index contributed by atoms with van der Waals surface area (Å²) in [6, 6.07) is 8.61. The molecule has 2 aliphatic rings. The Morgan fingerprint density at radius 1 is 1.18 bits per heavy atom. The molecule has 2 aromatic heterocycles. The van der Waals surface area contributed by atoms with Crippen LogP contribution in [-0.4, -0.2) is 57.4 Å². The predicted molar refractivity (Wildman–Crippen MR) is 122 cm³/mol. The van der Waals surface area contributed by atoms with Gasteiger partial charge in [-0.1, -0.05) is 12.1 Å². The average Bonchev–Trinajstić information content (AvgIpc) is 3.30. The summed E-state index contributed by atoms with van der Waals surface area (Å²) in [6.07, 6.45) is 0.343. The molecule has 1 aromatic carbocycles. The fourth-order valence-electron chi connectivity index (χ4n) is 5.33. The molecular weight excluding hydrogens is 447 g/mol. The van der Waals surface area contributed by atoms with Crippen molar-refractivity contribution in [3.8, 4) is 11.1 Å². The number of hydrogen-bond donors (Lipinski definition) is 3. The lowest BCUT2D eigenvalue weighted by molar-refractivity contribution is -0.155. The van der Waals surface area contributed by atoms with Gasteiger partial charge < -0.3 is 16.4 Å². The summed E-state index contributed by atoms with van der Waals surface area (Å²) in [5, 5.41) is 9.59. The van der Waals surface area contributed by atoms with Crippen LogP contribution in [0.4, 0.5) is 29.5 Å². The quantitative estimate of drug-likeness (QED) is 0.532. The van der Waals surface area contributed by atoms with Crippen LogP contribution >= 0.6 is 0 Å². The van der Waals surface area contributed by atoms with Gasteiger partial charge in [0, 0.05) is 48.1 Å². The number of alkyl halides is 3. The van der Waals surface area contributed by atoms with E-state index in [4.69, 9.17) is 10.7 Å². The lowest BCUT2D eigenvalue weighted by Gasteiger charge is -2.39. The van der Waals surface area contributed by atoms with E-state index in [0.717, 1.165) is 29.7 Å². The third-order valence-electron chi connectivity index (χ3n) is 6.86. The molecule has 5 rings (SSSR count). The molecule has 180 valence electrons. The SMILES string of the molecule is CNC(=O)Nc1ccc(-c2cnn3c(N)cc([C@@H]4C[C@H]5CC[C@@H](C4)N5CC(F)(F)F)nc23)cc1. The van der Waals surface area contributed by atoms with Gasteiger partial charge >= 0.3 is 12.2 Å². The highest BCUT2D eigenvalue weighted by Crippen LogP contribution is 2.44. The zero-order valence-electron chi connectivity index (χ0n) is 18.6. The van der Waals surface area contributed by atoms with Crippen molar-refractivity contribution in [2.75, 3.05) is 24.6 Å². The third kappa shape index (κ3) is 4.27. The number of carbonyl (C=O) groups excluding carboxylic acids is 1. The number of hydrogen-bond acceptors (Lipinski definition) is 5. The molecule has 8 nitrogen and oxygen atoms in total. The maximum atomic E-state index is 13.0. The summed E-state index contributed by atoms with van der Waals surface area (Å²) in [7, 11) is 1.54. The van der Waals surface area contributed by atoms with E-state index in [2.05, 4.69) is 15.7 Å². The molecule has 3 atom stereocenters. The van der Waals surface area contributed by atoms with Crippen LogP contribution in [0, 0.1) is 0 Å². The second kappa shape index (κ2) is 8.46. The molecule has 4 N–H and O–H groups in total. The highest BCUT2D eigenvalue weighted by atomic mass is 19.4. The van der Waals surface area contributed by atoms with E-state index < -0.39 is 12.7 Å². The molecule has 2 aliphatic heterocycles. The Morgan fingerprint density at radius 2 is 1.85 bits per heavy atom. The monoisotopic (exact) mass is 473 g/mol. The van der Waals surface area contributed by atoms with Crippen molar-refractivity contribution < 1.29 is 18.0 Å². The van der Waals surface area contributed by atoms with Crippen molar-refractivity contribution in [1.29, 1.82) is 0 Å². The lowest BCUT2D eigenvalue weighted by atomic mass is 9.87. The van der Waals surface area contributed by atoms with Crippen LogP contribution in [0.2, 0.25) is 0 Å². The zero-order valence-corrected chi connectivity index (χ0v) is 18.6. The van der Waals surface area contributed by atoms with Gasteiger partial charge in [-0.05, 0) is 43.4 Å². The number of nitrogens with one attached hydrogen (secondary N) is 2. The fraction of sp³-hybridized carbons (Fsp3) is 0.435. The van der Waals surface area contributed by atoms with Crippen molar-refractivity contribution in [2.45, 2.75) is 49.9 Å². The largest absolute Gasteiger partial charge is 0.401 e. The van der Waals surface area contributed by atoms with Gasteiger partial charge in [0.05, 0.1) is 12.7 Å². The first-order valence-electron chi connectivity index (χ1n) is 11.3. The third-order valence-corrected chi connectivity index (χ3v) is 6.86. The van der Waals surface area contributed by atoms with Crippen molar-refractivity contribution in [3.63, 3.8) is 0 Å².